The van der Waals surface area contributed by atoms with E-state index in [0.29, 0.717) is 0 Å². The predicted molar refractivity (Wildman–Crippen MR) is 110 cm³/mol. The molecule has 0 aromatic heterocycles. The monoisotopic (exact) mass is 523 g/mol. The van der Waals surface area contributed by atoms with Crippen LogP contribution in [-0.4, -0.2) is 8.07 Å². The van der Waals surface area contributed by atoms with E-state index in [2.05, 4.69) is 86.4 Å². The van der Waals surface area contributed by atoms with Gasteiger partial charge in [-0.1, -0.05) is 0 Å². The minimum absolute atomic E-state index is 0.160. The first-order chi connectivity index (χ1) is 12.0. The molecule has 0 saturated carbocycles. The molecule has 0 unspecified atom stereocenters. The molecule has 2 heteroatoms. The van der Waals surface area contributed by atoms with Gasteiger partial charge in [0.1, 0.15) is 0 Å². The molecule has 0 N–H and O–H groups in total. The van der Waals surface area contributed by atoms with Gasteiger partial charge in [0.2, 0.25) is 0 Å². The molecule has 0 heterocycles. The Kier molecular flexibility index (Phi) is 4.56. The van der Waals surface area contributed by atoms with Crippen LogP contribution in [0.4, 0.5) is 0 Å². The van der Waals surface area contributed by atoms with Gasteiger partial charge in [-0.15, -0.1) is 0 Å². The molecular formula is C23H24PtSi. The van der Waals surface area contributed by atoms with Gasteiger partial charge in [-0.2, -0.15) is 0 Å². The summed E-state index contributed by atoms with van der Waals surface area (Å²) in [4.78, 5) is 0. The second-order valence-electron chi connectivity index (χ2n) is 7.93. The van der Waals surface area contributed by atoms with Crippen molar-refractivity contribution >= 4 is 35.2 Å². The minimum atomic E-state index is -0.942. The van der Waals surface area contributed by atoms with Crippen LogP contribution in [0.25, 0.3) is 27.1 Å². The van der Waals surface area contributed by atoms with Gasteiger partial charge in [-0.3, -0.25) is 0 Å². The van der Waals surface area contributed by atoms with Crippen molar-refractivity contribution in [3.63, 3.8) is 0 Å². The van der Waals surface area contributed by atoms with E-state index < -0.39 is 8.07 Å². The van der Waals surface area contributed by atoms with Crippen molar-refractivity contribution < 1.29 is 18.6 Å². The Morgan fingerprint density at radius 2 is 1.52 bits per heavy atom. The van der Waals surface area contributed by atoms with E-state index in [4.69, 9.17) is 0 Å². The van der Waals surface area contributed by atoms with Crippen molar-refractivity contribution in [3.8, 4) is 0 Å². The Morgan fingerprint density at radius 3 is 2.24 bits per heavy atom. The SMILES string of the molecule is C[Si](C)(C)[CH2][Pt][C]1=C(c2ccc3cc4ccccc4cc3c2)C=CC1. The zero-order valence-electron chi connectivity index (χ0n) is 15.1. The first kappa shape index (κ1) is 17.0. The van der Waals surface area contributed by atoms with Crippen molar-refractivity contribution in [3.05, 3.63) is 76.3 Å². The fourth-order valence-electron chi connectivity index (χ4n) is 3.16. The molecule has 0 atom stereocenters. The second-order valence-corrected chi connectivity index (χ2v) is 17.9. The summed E-state index contributed by atoms with van der Waals surface area (Å²) in [5, 5.41) is 5.34. The molecule has 130 valence electrons. The standard InChI is InChI=1S/C19H13.C4H11Si.Pt/c1-2-6-14(5-1)17-9-10-18-11-15-7-3-4-8-16(15)12-19(18)13-17;1-5(2,3)4;/h1,3-5,7-13H,2H2;1H2,2-4H3;. The summed E-state index contributed by atoms with van der Waals surface area (Å²) in [6, 6.07) is 20.3. The molecule has 1 aliphatic rings. The van der Waals surface area contributed by atoms with Gasteiger partial charge >= 0.3 is 161 Å². The summed E-state index contributed by atoms with van der Waals surface area (Å²) in [7, 11) is -0.942. The predicted octanol–water partition coefficient (Wildman–Crippen LogP) is 7.04. The van der Waals surface area contributed by atoms with Crippen LogP contribution >= 0.6 is 0 Å². The molecule has 0 saturated heterocycles. The Bertz CT molecular complexity index is 1010. The van der Waals surface area contributed by atoms with Crippen molar-refractivity contribution in [2.24, 2.45) is 0 Å². The van der Waals surface area contributed by atoms with Crippen LogP contribution in [0.2, 0.25) is 24.1 Å². The summed E-state index contributed by atoms with van der Waals surface area (Å²) in [6.07, 6.45) is 5.91. The van der Waals surface area contributed by atoms with E-state index in [9.17, 15) is 0 Å². The van der Waals surface area contributed by atoms with Gasteiger partial charge in [-0.05, 0) is 0 Å². The average Bonchev–Trinajstić information content (AvgIpc) is 3.05. The van der Waals surface area contributed by atoms with Crippen LogP contribution in [0.5, 0.6) is 0 Å². The van der Waals surface area contributed by atoms with Gasteiger partial charge in [0, 0.05) is 0 Å². The zero-order chi connectivity index (χ0) is 17.4. The fraction of sp³-hybridized carbons (Fsp3) is 0.217. The number of fused-ring (bicyclic) bond motifs is 2. The number of rotatable bonds is 4. The van der Waals surface area contributed by atoms with E-state index in [-0.39, 0.29) is 18.6 Å². The second kappa shape index (κ2) is 6.70. The molecule has 0 spiro atoms. The average molecular weight is 524 g/mol. The molecule has 0 radical (unpaired) electrons. The Labute approximate surface area is 160 Å². The molecule has 25 heavy (non-hydrogen) atoms. The molecule has 0 fully saturated rings. The first-order valence-electron chi connectivity index (χ1n) is 8.84. The first-order valence-corrected chi connectivity index (χ1v) is 15.3. The fourth-order valence-corrected chi connectivity index (χ4v) is 10.2. The molecule has 0 nitrogen and oxygen atoms in total. The van der Waals surface area contributed by atoms with E-state index in [1.807, 2.05) is 0 Å². The molecule has 3 aromatic rings. The van der Waals surface area contributed by atoms with Crippen LogP contribution in [0, 0.1) is 0 Å². The Morgan fingerprint density at radius 1 is 0.840 bits per heavy atom. The van der Waals surface area contributed by atoms with Gasteiger partial charge in [0.25, 0.3) is 0 Å². The number of hydrogen-bond acceptors (Lipinski definition) is 0. The maximum atomic E-state index is 2.50. The third-order valence-corrected chi connectivity index (χ3v) is 15.6. The Balaban J connectivity index is 1.75. The van der Waals surface area contributed by atoms with Crippen molar-refractivity contribution in [1.82, 2.24) is 0 Å². The third kappa shape index (κ3) is 3.73. The summed E-state index contributed by atoms with van der Waals surface area (Å²) in [5.41, 5.74) is 2.92. The third-order valence-electron chi connectivity index (χ3n) is 4.39. The van der Waals surface area contributed by atoms with Crippen molar-refractivity contribution in [2.75, 3.05) is 0 Å². The van der Waals surface area contributed by atoms with Crippen molar-refractivity contribution in [1.29, 1.82) is 0 Å². The topological polar surface area (TPSA) is 0 Å². The normalized spacial score (nSPS) is 15.0. The van der Waals surface area contributed by atoms with Crippen LogP contribution < -0.4 is 0 Å². The zero-order valence-corrected chi connectivity index (χ0v) is 18.4. The number of hydrogen-bond donors (Lipinski definition) is 0. The molecule has 0 aliphatic heterocycles. The van der Waals surface area contributed by atoms with E-state index >= 15 is 0 Å². The van der Waals surface area contributed by atoms with E-state index in [1.165, 1.54) is 43.5 Å². The van der Waals surface area contributed by atoms with Crippen LogP contribution in [0.15, 0.2) is 70.7 Å². The van der Waals surface area contributed by atoms with Crippen molar-refractivity contribution in [2.45, 2.75) is 30.5 Å². The quantitative estimate of drug-likeness (QED) is 0.254. The van der Waals surface area contributed by atoms with Crippen LogP contribution in [-0.2, 0) is 18.6 Å². The van der Waals surface area contributed by atoms with Crippen LogP contribution in [0.3, 0.4) is 0 Å². The maximum absolute atomic E-state index is 2.50. The van der Waals surface area contributed by atoms with Gasteiger partial charge in [0.15, 0.2) is 0 Å². The molecule has 4 rings (SSSR count). The van der Waals surface area contributed by atoms with Gasteiger partial charge < -0.3 is 0 Å². The van der Waals surface area contributed by atoms with Gasteiger partial charge in [0.05, 0.1) is 0 Å². The van der Waals surface area contributed by atoms with Gasteiger partial charge in [-0.25, -0.2) is 0 Å². The number of allylic oxidation sites excluding steroid dienone is 4. The summed E-state index contributed by atoms with van der Waals surface area (Å²) < 4.78 is 3.23. The molecular weight excluding hydrogens is 499 g/mol. The molecule has 1 aliphatic carbocycles. The Hall–Kier alpha value is -1.43. The molecule has 0 bridgehead atoms. The van der Waals surface area contributed by atoms with E-state index in [0.717, 1.165) is 0 Å². The molecule has 3 aromatic carbocycles. The van der Waals surface area contributed by atoms with E-state index in [1.54, 1.807) is 3.96 Å². The number of benzene rings is 3. The molecule has 0 amide bonds. The summed E-state index contributed by atoms with van der Waals surface area (Å²) in [5.74, 6) is 0. The van der Waals surface area contributed by atoms with Crippen LogP contribution in [0.1, 0.15) is 12.0 Å². The summed E-state index contributed by atoms with van der Waals surface area (Å²) >= 11 is 0.160. The summed E-state index contributed by atoms with van der Waals surface area (Å²) in [6.45, 7) is 7.49.